The fourth-order valence-electron chi connectivity index (χ4n) is 1.36. The van der Waals surface area contributed by atoms with E-state index in [2.05, 4.69) is 17.4 Å². The number of aryl methyl sites for hydroxylation is 1. The number of hydrogen-bond donors (Lipinski definition) is 1. The summed E-state index contributed by atoms with van der Waals surface area (Å²) in [6, 6.07) is 10.3. The molecule has 1 aromatic rings. The fraction of sp³-hybridized carbons (Fsp3) is 0.308. The van der Waals surface area contributed by atoms with E-state index >= 15 is 0 Å². The highest BCUT2D eigenvalue weighted by molar-refractivity contribution is 5.87. The molecule has 1 N–H and O–H groups in total. The average molecular weight is 203 g/mol. The molecule has 0 fully saturated rings. The van der Waals surface area contributed by atoms with E-state index in [0.29, 0.717) is 0 Å². The van der Waals surface area contributed by atoms with Gasteiger partial charge in [-0.3, -0.25) is 4.79 Å². The van der Waals surface area contributed by atoms with Crippen molar-refractivity contribution < 1.29 is 4.79 Å². The van der Waals surface area contributed by atoms with Crippen molar-refractivity contribution >= 4 is 5.91 Å². The average Bonchev–Trinajstić information content (AvgIpc) is 2.26. The van der Waals surface area contributed by atoms with E-state index in [9.17, 15) is 4.79 Å². The van der Waals surface area contributed by atoms with Crippen LogP contribution in [-0.2, 0) is 11.2 Å². The molecule has 0 unspecified atom stereocenters. The van der Waals surface area contributed by atoms with Gasteiger partial charge in [0.15, 0.2) is 0 Å². The molecule has 0 aliphatic rings. The van der Waals surface area contributed by atoms with Crippen LogP contribution in [0.4, 0.5) is 0 Å². The Kier molecular flexibility index (Phi) is 5.23. The van der Waals surface area contributed by atoms with Crippen molar-refractivity contribution in [1.82, 2.24) is 5.32 Å². The van der Waals surface area contributed by atoms with E-state index in [1.54, 1.807) is 12.2 Å². The van der Waals surface area contributed by atoms with Crippen LogP contribution >= 0.6 is 0 Å². The lowest BCUT2D eigenvalue weighted by molar-refractivity contribution is -0.116. The number of benzene rings is 1. The maximum Gasteiger partial charge on any atom is 0.243 e. The number of nitrogens with one attached hydrogen (secondary N) is 1. The highest BCUT2D eigenvalue weighted by atomic mass is 16.1. The standard InChI is InChI=1S/C13H17NO/c1-2-7-13(15)14-11-6-10-12-8-4-3-5-9-12/h2-5,7-9H,6,10-11H2,1H3,(H,14,15). The molecule has 1 amide bonds. The molecule has 0 bridgehead atoms. The summed E-state index contributed by atoms with van der Waals surface area (Å²) in [5.41, 5.74) is 1.32. The molecule has 0 aliphatic carbocycles. The third kappa shape index (κ3) is 5.01. The van der Waals surface area contributed by atoms with Crippen molar-refractivity contribution in [3.63, 3.8) is 0 Å². The van der Waals surface area contributed by atoms with E-state index < -0.39 is 0 Å². The van der Waals surface area contributed by atoms with Gasteiger partial charge in [0.2, 0.25) is 5.91 Å². The SMILES string of the molecule is CC=CC(=O)NCCCc1ccccc1. The highest BCUT2D eigenvalue weighted by Gasteiger charge is 1.94. The van der Waals surface area contributed by atoms with Crippen LogP contribution in [0.3, 0.4) is 0 Å². The number of rotatable bonds is 5. The summed E-state index contributed by atoms with van der Waals surface area (Å²) in [5.74, 6) is -0.00874. The van der Waals surface area contributed by atoms with E-state index in [1.165, 1.54) is 5.56 Å². The first kappa shape index (κ1) is 11.5. The van der Waals surface area contributed by atoms with E-state index in [4.69, 9.17) is 0 Å². The normalized spacial score (nSPS) is 10.5. The van der Waals surface area contributed by atoms with Crippen LogP contribution in [0.2, 0.25) is 0 Å². The summed E-state index contributed by atoms with van der Waals surface area (Å²) in [6.45, 7) is 2.57. The number of carbonyl (C=O) groups excluding carboxylic acids is 1. The van der Waals surface area contributed by atoms with Crippen molar-refractivity contribution in [3.8, 4) is 0 Å². The largest absolute Gasteiger partial charge is 0.353 e. The molecule has 0 aliphatic heterocycles. The van der Waals surface area contributed by atoms with Crippen molar-refractivity contribution in [1.29, 1.82) is 0 Å². The maximum absolute atomic E-state index is 11.1. The molecule has 0 radical (unpaired) electrons. The first-order valence-corrected chi connectivity index (χ1v) is 5.27. The number of hydrogen-bond acceptors (Lipinski definition) is 1. The van der Waals surface area contributed by atoms with Crippen molar-refractivity contribution in [2.24, 2.45) is 0 Å². The minimum Gasteiger partial charge on any atom is -0.353 e. The summed E-state index contributed by atoms with van der Waals surface area (Å²) in [6.07, 6.45) is 5.28. The van der Waals surface area contributed by atoms with Gasteiger partial charge in [0.1, 0.15) is 0 Å². The molecule has 0 saturated heterocycles. The Morgan fingerprint density at radius 3 is 2.73 bits per heavy atom. The minimum absolute atomic E-state index is 0.00874. The summed E-state index contributed by atoms with van der Waals surface area (Å²) in [4.78, 5) is 11.1. The lowest BCUT2D eigenvalue weighted by Crippen LogP contribution is -2.22. The Balaban J connectivity index is 2.15. The molecule has 15 heavy (non-hydrogen) atoms. The number of amides is 1. The summed E-state index contributed by atoms with van der Waals surface area (Å²) < 4.78 is 0. The zero-order chi connectivity index (χ0) is 10.9. The third-order valence-electron chi connectivity index (χ3n) is 2.10. The van der Waals surface area contributed by atoms with Crippen molar-refractivity contribution in [3.05, 3.63) is 48.0 Å². The number of allylic oxidation sites excluding steroid dienone is 1. The van der Waals surface area contributed by atoms with E-state index in [0.717, 1.165) is 19.4 Å². The van der Waals surface area contributed by atoms with Gasteiger partial charge in [0.05, 0.1) is 0 Å². The lowest BCUT2D eigenvalue weighted by atomic mass is 10.1. The van der Waals surface area contributed by atoms with E-state index in [-0.39, 0.29) is 5.91 Å². The second-order valence-electron chi connectivity index (χ2n) is 3.38. The minimum atomic E-state index is -0.00874. The second kappa shape index (κ2) is 6.82. The Morgan fingerprint density at radius 1 is 1.33 bits per heavy atom. The summed E-state index contributed by atoms with van der Waals surface area (Å²) in [7, 11) is 0. The van der Waals surface area contributed by atoms with Crippen LogP contribution < -0.4 is 5.32 Å². The smallest absolute Gasteiger partial charge is 0.243 e. The second-order valence-corrected chi connectivity index (χ2v) is 3.38. The summed E-state index contributed by atoms with van der Waals surface area (Å²) in [5, 5.41) is 2.83. The van der Waals surface area contributed by atoms with Crippen LogP contribution in [0.5, 0.6) is 0 Å². The highest BCUT2D eigenvalue weighted by Crippen LogP contribution is 2.01. The molecule has 0 spiro atoms. The van der Waals surface area contributed by atoms with Crippen LogP contribution in [0.1, 0.15) is 18.9 Å². The van der Waals surface area contributed by atoms with Gasteiger partial charge in [-0.25, -0.2) is 0 Å². The van der Waals surface area contributed by atoms with Gasteiger partial charge in [-0.1, -0.05) is 36.4 Å². The Labute approximate surface area is 91.0 Å². The zero-order valence-electron chi connectivity index (χ0n) is 9.07. The monoisotopic (exact) mass is 203 g/mol. The van der Waals surface area contributed by atoms with Crippen LogP contribution in [0, 0.1) is 0 Å². The molecule has 0 heterocycles. The quantitative estimate of drug-likeness (QED) is 0.577. The van der Waals surface area contributed by atoms with Crippen molar-refractivity contribution in [2.45, 2.75) is 19.8 Å². The molecule has 0 aromatic heterocycles. The fourth-order valence-corrected chi connectivity index (χ4v) is 1.36. The Hall–Kier alpha value is -1.57. The molecular formula is C13H17NO. The molecule has 1 rings (SSSR count). The van der Waals surface area contributed by atoms with Gasteiger partial charge in [-0.15, -0.1) is 0 Å². The molecular weight excluding hydrogens is 186 g/mol. The first-order valence-electron chi connectivity index (χ1n) is 5.27. The first-order chi connectivity index (χ1) is 7.33. The van der Waals surface area contributed by atoms with Gasteiger partial charge in [-0.05, 0) is 31.4 Å². The van der Waals surface area contributed by atoms with Gasteiger partial charge < -0.3 is 5.32 Å². The lowest BCUT2D eigenvalue weighted by Gasteiger charge is -2.02. The van der Waals surface area contributed by atoms with Gasteiger partial charge in [-0.2, -0.15) is 0 Å². The van der Waals surface area contributed by atoms with Gasteiger partial charge in [0, 0.05) is 6.54 Å². The van der Waals surface area contributed by atoms with Gasteiger partial charge >= 0.3 is 0 Å². The predicted octanol–water partition coefficient (Wildman–Crippen LogP) is 2.31. The zero-order valence-corrected chi connectivity index (χ0v) is 9.07. The molecule has 2 heteroatoms. The molecule has 0 saturated carbocycles. The third-order valence-corrected chi connectivity index (χ3v) is 2.10. The topological polar surface area (TPSA) is 29.1 Å². The Morgan fingerprint density at radius 2 is 2.07 bits per heavy atom. The molecule has 1 aromatic carbocycles. The molecule has 2 nitrogen and oxygen atoms in total. The van der Waals surface area contributed by atoms with Crippen LogP contribution in [0.25, 0.3) is 0 Å². The predicted molar refractivity (Wildman–Crippen MR) is 62.6 cm³/mol. The van der Waals surface area contributed by atoms with Crippen LogP contribution in [0.15, 0.2) is 42.5 Å². The molecule has 80 valence electrons. The van der Waals surface area contributed by atoms with E-state index in [1.807, 2.05) is 25.1 Å². The van der Waals surface area contributed by atoms with Gasteiger partial charge in [0.25, 0.3) is 0 Å². The number of carbonyl (C=O) groups is 1. The van der Waals surface area contributed by atoms with Crippen LogP contribution in [-0.4, -0.2) is 12.5 Å². The summed E-state index contributed by atoms with van der Waals surface area (Å²) >= 11 is 0. The van der Waals surface area contributed by atoms with Crippen molar-refractivity contribution in [2.75, 3.05) is 6.54 Å². The maximum atomic E-state index is 11.1. The molecule has 0 atom stereocenters. The Bertz CT molecular complexity index is 317.